The third-order valence-electron chi connectivity index (χ3n) is 2.80. The third-order valence-corrected chi connectivity index (χ3v) is 2.80. The van der Waals surface area contributed by atoms with E-state index in [-0.39, 0.29) is 6.10 Å². The lowest BCUT2D eigenvalue weighted by atomic mass is 10.1. The van der Waals surface area contributed by atoms with Gasteiger partial charge in [-0.1, -0.05) is 38.3 Å². The number of unbranched alkanes of at least 4 members (excludes halogenated alkanes) is 3. The summed E-state index contributed by atoms with van der Waals surface area (Å²) in [4.78, 5) is 0. The molecule has 0 aliphatic rings. The van der Waals surface area contributed by atoms with Gasteiger partial charge in [0.2, 0.25) is 0 Å². The van der Waals surface area contributed by atoms with Gasteiger partial charge in [0.25, 0.3) is 0 Å². The van der Waals surface area contributed by atoms with E-state index in [2.05, 4.69) is 19.9 Å². The van der Waals surface area contributed by atoms with E-state index in [1.165, 1.54) is 25.7 Å². The van der Waals surface area contributed by atoms with Crippen LogP contribution in [0.3, 0.4) is 0 Å². The smallest absolute Gasteiger partial charge is 0.137 e. The van der Waals surface area contributed by atoms with Gasteiger partial charge in [-0.3, -0.25) is 0 Å². The minimum absolute atomic E-state index is 0.182. The van der Waals surface area contributed by atoms with Gasteiger partial charge in [-0.05, 0) is 31.9 Å². The molecule has 0 heterocycles. The van der Waals surface area contributed by atoms with Crippen LogP contribution in [0.25, 0.3) is 0 Å². The Balaban J connectivity index is 2.40. The molecule has 0 radical (unpaired) electrons. The molecule has 0 saturated carbocycles. The molecule has 0 N–H and O–H groups in total. The van der Waals surface area contributed by atoms with Crippen molar-refractivity contribution < 1.29 is 4.74 Å². The van der Waals surface area contributed by atoms with Gasteiger partial charge in [0.05, 0.1) is 11.7 Å². The SMILES string of the molecule is CCCCCC[C@H](C)Oc1ccccc1C#N. The van der Waals surface area contributed by atoms with Gasteiger partial charge < -0.3 is 4.74 Å². The Labute approximate surface area is 104 Å². The molecule has 0 amide bonds. The average molecular weight is 231 g/mol. The van der Waals surface area contributed by atoms with Crippen molar-refractivity contribution in [2.75, 3.05) is 0 Å². The number of nitrogens with zero attached hydrogens (tertiary/aromatic N) is 1. The minimum Gasteiger partial charge on any atom is -0.489 e. The van der Waals surface area contributed by atoms with Crippen molar-refractivity contribution in [3.63, 3.8) is 0 Å². The molecular weight excluding hydrogens is 210 g/mol. The molecular formula is C15H21NO. The lowest BCUT2D eigenvalue weighted by Crippen LogP contribution is -2.12. The summed E-state index contributed by atoms with van der Waals surface area (Å²) in [6.07, 6.45) is 6.25. The Bertz CT molecular complexity index is 367. The fourth-order valence-corrected chi connectivity index (χ4v) is 1.80. The van der Waals surface area contributed by atoms with Crippen molar-refractivity contribution in [3.8, 4) is 11.8 Å². The second-order valence-corrected chi connectivity index (χ2v) is 4.39. The predicted molar refractivity (Wildman–Crippen MR) is 70.0 cm³/mol. The summed E-state index contributed by atoms with van der Waals surface area (Å²) in [6.45, 7) is 4.28. The van der Waals surface area contributed by atoms with E-state index < -0.39 is 0 Å². The first-order valence-electron chi connectivity index (χ1n) is 6.43. The number of nitriles is 1. The lowest BCUT2D eigenvalue weighted by Gasteiger charge is -2.15. The van der Waals surface area contributed by atoms with Crippen LogP contribution in [0.4, 0.5) is 0 Å². The van der Waals surface area contributed by atoms with Crippen molar-refractivity contribution in [1.82, 2.24) is 0 Å². The maximum Gasteiger partial charge on any atom is 0.137 e. The van der Waals surface area contributed by atoms with Gasteiger partial charge in [-0.2, -0.15) is 5.26 Å². The number of rotatable bonds is 7. The Hall–Kier alpha value is -1.49. The summed E-state index contributed by atoms with van der Waals surface area (Å²) in [5.41, 5.74) is 0.618. The Morgan fingerprint density at radius 1 is 1.24 bits per heavy atom. The molecule has 0 bridgehead atoms. The summed E-state index contributed by atoms with van der Waals surface area (Å²) in [7, 11) is 0. The van der Waals surface area contributed by atoms with Crippen molar-refractivity contribution in [2.24, 2.45) is 0 Å². The zero-order valence-electron chi connectivity index (χ0n) is 10.8. The van der Waals surface area contributed by atoms with Crippen LogP contribution in [0.2, 0.25) is 0 Å². The Kier molecular flexibility index (Phi) is 6.17. The number of ether oxygens (including phenoxy) is 1. The largest absolute Gasteiger partial charge is 0.489 e. The van der Waals surface area contributed by atoms with Crippen LogP contribution in [0.1, 0.15) is 51.5 Å². The molecule has 0 saturated heterocycles. The molecule has 92 valence electrons. The van der Waals surface area contributed by atoms with Gasteiger partial charge in [0.15, 0.2) is 0 Å². The highest BCUT2D eigenvalue weighted by atomic mass is 16.5. The second-order valence-electron chi connectivity index (χ2n) is 4.39. The van der Waals surface area contributed by atoms with Crippen molar-refractivity contribution in [2.45, 2.75) is 52.1 Å². The zero-order valence-corrected chi connectivity index (χ0v) is 10.8. The third kappa shape index (κ3) is 4.91. The molecule has 17 heavy (non-hydrogen) atoms. The maximum absolute atomic E-state index is 8.95. The van der Waals surface area contributed by atoms with Crippen LogP contribution in [-0.2, 0) is 0 Å². The average Bonchev–Trinajstić information content (AvgIpc) is 2.35. The van der Waals surface area contributed by atoms with E-state index in [0.29, 0.717) is 11.3 Å². The van der Waals surface area contributed by atoms with Gasteiger partial charge in [0, 0.05) is 0 Å². The van der Waals surface area contributed by atoms with Crippen LogP contribution in [0, 0.1) is 11.3 Å². The first-order valence-corrected chi connectivity index (χ1v) is 6.43. The van der Waals surface area contributed by atoms with E-state index >= 15 is 0 Å². The monoisotopic (exact) mass is 231 g/mol. The normalized spacial score (nSPS) is 11.8. The highest BCUT2D eigenvalue weighted by molar-refractivity contribution is 5.42. The number of para-hydroxylation sites is 1. The highest BCUT2D eigenvalue weighted by Crippen LogP contribution is 2.19. The molecule has 1 aromatic rings. The van der Waals surface area contributed by atoms with E-state index in [1.807, 2.05) is 18.2 Å². The van der Waals surface area contributed by atoms with Crippen LogP contribution in [-0.4, -0.2) is 6.10 Å². The second kappa shape index (κ2) is 7.73. The highest BCUT2D eigenvalue weighted by Gasteiger charge is 2.07. The number of hydrogen-bond donors (Lipinski definition) is 0. The molecule has 0 spiro atoms. The summed E-state index contributed by atoms with van der Waals surface area (Å²) in [5, 5.41) is 8.95. The maximum atomic E-state index is 8.95. The molecule has 0 fully saturated rings. The van der Waals surface area contributed by atoms with E-state index in [1.54, 1.807) is 6.07 Å². The first-order chi connectivity index (χ1) is 8.27. The molecule has 1 aromatic carbocycles. The number of hydrogen-bond acceptors (Lipinski definition) is 2. The topological polar surface area (TPSA) is 33.0 Å². The Morgan fingerprint density at radius 2 is 2.00 bits per heavy atom. The molecule has 1 rings (SSSR count). The quantitative estimate of drug-likeness (QED) is 0.655. The van der Waals surface area contributed by atoms with Gasteiger partial charge in [-0.25, -0.2) is 0 Å². The Morgan fingerprint density at radius 3 is 2.71 bits per heavy atom. The summed E-state index contributed by atoms with van der Waals surface area (Å²) >= 11 is 0. The van der Waals surface area contributed by atoms with E-state index in [4.69, 9.17) is 10.00 Å². The van der Waals surface area contributed by atoms with Crippen molar-refractivity contribution >= 4 is 0 Å². The molecule has 0 aliphatic heterocycles. The van der Waals surface area contributed by atoms with Crippen molar-refractivity contribution in [1.29, 1.82) is 5.26 Å². The molecule has 2 heteroatoms. The van der Waals surface area contributed by atoms with Gasteiger partial charge in [0.1, 0.15) is 11.8 Å². The van der Waals surface area contributed by atoms with Gasteiger partial charge >= 0.3 is 0 Å². The fraction of sp³-hybridized carbons (Fsp3) is 0.533. The van der Waals surface area contributed by atoms with Crippen LogP contribution >= 0.6 is 0 Å². The van der Waals surface area contributed by atoms with Crippen molar-refractivity contribution in [3.05, 3.63) is 29.8 Å². The van der Waals surface area contributed by atoms with Crippen LogP contribution < -0.4 is 4.74 Å². The lowest BCUT2D eigenvalue weighted by molar-refractivity contribution is 0.206. The molecule has 1 atom stereocenters. The molecule has 0 aliphatic carbocycles. The van der Waals surface area contributed by atoms with Gasteiger partial charge in [-0.15, -0.1) is 0 Å². The number of benzene rings is 1. The van der Waals surface area contributed by atoms with Crippen LogP contribution in [0.15, 0.2) is 24.3 Å². The summed E-state index contributed by atoms with van der Waals surface area (Å²) in [6, 6.07) is 9.57. The summed E-state index contributed by atoms with van der Waals surface area (Å²) < 4.78 is 5.79. The molecule has 0 unspecified atom stereocenters. The van der Waals surface area contributed by atoms with Crippen LogP contribution in [0.5, 0.6) is 5.75 Å². The standard InChI is InChI=1S/C15H21NO/c1-3-4-5-6-9-13(2)17-15-11-8-7-10-14(15)12-16/h7-8,10-11,13H,3-6,9H2,1-2H3/t13-/m0/s1. The predicted octanol–water partition coefficient (Wildman–Crippen LogP) is 4.30. The van der Waals surface area contributed by atoms with E-state index in [0.717, 1.165) is 6.42 Å². The molecule has 0 aromatic heterocycles. The molecule has 2 nitrogen and oxygen atoms in total. The first kappa shape index (κ1) is 13.6. The van der Waals surface area contributed by atoms with E-state index in [9.17, 15) is 0 Å². The zero-order chi connectivity index (χ0) is 12.5. The fourth-order valence-electron chi connectivity index (χ4n) is 1.80. The minimum atomic E-state index is 0.182. The summed E-state index contributed by atoms with van der Waals surface area (Å²) in [5.74, 6) is 0.706.